The highest BCUT2D eigenvalue weighted by Gasteiger charge is 2.17. The first-order chi connectivity index (χ1) is 10.8. The van der Waals surface area contributed by atoms with E-state index in [1.807, 2.05) is 48.2 Å². The Morgan fingerprint density at radius 2 is 1.83 bits per heavy atom. The number of aromatic hydroxyl groups is 1. The Labute approximate surface area is 132 Å². The van der Waals surface area contributed by atoms with Crippen molar-refractivity contribution >= 4 is 17.5 Å². The third-order valence-electron chi connectivity index (χ3n) is 3.38. The molecule has 0 unspecified atom stereocenters. The van der Waals surface area contributed by atoms with E-state index in [1.54, 1.807) is 0 Å². The first-order valence-corrected chi connectivity index (χ1v) is 6.83. The van der Waals surface area contributed by atoms with Crippen LogP contribution in [0.4, 0.5) is 5.69 Å². The van der Waals surface area contributed by atoms with Gasteiger partial charge in [-0.2, -0.15) is 0 Å². The molecule has 2 rings (SSSR count). The monoisotopic (exact) mass is 315 g/mol. The van der Waals surface area contributed by atoms with Gasteiger partial charge in [0.15, 0.2) is 5.78 Å². The summed E-state index contributed by atoms with van der Waals surface area (Å²) in [5.74, 6) is -1.34. The Balaban J connectivity index is 2.31. The van der Waals surface area contributed by atoms with Crippen LogP contribution < -0.4 is 16.1 Å². The lowest BCUT2D eigenvalue weighted by Gasteiger charge is -2.11. The van der Waals surface area contributed by atoms with E-state index in [9.17, 15) is 19.5 Å². The summed E-state index contributed by atoms with van der Waals surface area (Å²) in [5, 5.41) is 9.81. The number of benzene rings is 1. The van der Waals surface area contributed by atoms with Crippen molar-refractivity contribution in [1.29, 1.82) is 0 Å². The van der Waals surface area contributed by atoms with Crippen molar-refractivity contribution in [3.63, 3.8) is 0 Å². The second-order valence-corrected chi connectivity index (χ2v) is 5.20. The molecule has 0 amide bonds. The van der Waals surface area contributed by atoms with E-state index < -0.39 is 28.5 Å². The molecular weight excluding hydrogens is 298 g/mol. The van der Waals surface area contributed by atoms with Crippen molar-refractivity contribution in [2.24, 2.45) is 7.05 Å². The molecule has 1 aromatic carbocycles. The number of aromatic amines is 1. The second-order valence-electron chi connectivity index (χ2n) is 5.20. The molecule has 23 heavy (non-hydrogen) atoms. The average Bonchev–Trinajstić information content (AvgIpc) is 2.51. The van der Waals surface area contributed by atoms with Crippen LogP contribution in [0.3, 0.4) is 0 Å². The highest BCUT2D eigenvalue weighted by molar-refractivity contribution is 6.08. The summed E-state index contributed by atoms with van der Waals surface area (Å²) in [5.41, 5.74) is -0.380. The van der Waals surface area contributed by atoms with Crippen LogP contribution in [-0.4, -0.2) is 34.5 Å². The van der Waals surface area contributed by atoms with Crippen molar-refractivity contribution in [3.05, 3.63) is 62.3 Å². The van der Waals surface area contributed by atoms with Crippen LogP contribution in [0.15, 0.2) is 39.9 Å². The van der Waals surface area contributed by atoms with Gasteiger partial charge in [0, 0.05) is 26.8 Å². The summed E-state index contributed by atoms with van der Waals surface area (Å²) >= 11 is 0. The summed E-state index contributed by atoms with van der Waals surface area (Å²) in [7, 11) is 5.10. The van der Waals surface area contributed by atoms with E-state index in [4.69, 9.17) is 0 Å². The highest BCUT2D eigenvalue weighted by Crippen LogP contribution is 2.14. The molecule has 2 aromatic rings. The Kier molecular flexibility index (Phi) is 4.49. The van der Waals surface area contributed by atoms with E-state index in [0.717, 1.165) is 15.8 Å². The summed E-state index contributed by atoms with van der Waals surface area (Å²) in [6.07, 6.45) is 2.71. The van der Waals surface area contributed by atoms with Crippen LogP contribution in [0, 0.1) is 0 Å². The molecule has 0 atom stereocenters. The Morgan fingerprint density at radius 3 is 2.39 bits per heavy atom. The van der Waals surface area contributed by atoms with Crippen LogP contribution in [0.2, 0.25) is 0 Å². The van der Waals surface area contributed by atoms with Crippen molar-refractivity contribution in [3.8, 4) is 5.88 Å². The number of hydrogen-bond donors (Lipinski definition) is 2. The molecule has 0 bridgehead atoms. The van der Waals surface area contributed by atoms with Crippen molar-refractivity contribution < 1.29 is 9.90 Å². The van der Waals surface area contributed by atoms with Gasteiger partial charge in [-0.3, -0.25) is 19.1 Å². The number of rotatable bonds is 4. The van der Waals surface area contributed by atoms with Gasteiger partial charge in [0.05, 0.1) is 0 Å². The highest BCUT2D eigenvalue weighted by atomic mass is 16.3. The average molecular weight is 315 g/mol. The van der Waals surface area contributed by atoms with Crippen LogP contribution in [0.1, 0.15) is 15.9 Å². The minimum absolute atomic E-state index is 0.465. The number of carbonyl (C=O) groups is 1. The molecule has 1 aromatic heterocycles. The smallest absolute Gasteiger partial charge is 0.330 e. The number of allylic oxidation sites excluding steroid dienone is 1. The number of H-pyrrole nitrogens is 1. The zero-order chi connectivity index (χ0) is 17.1. The fraction of sp³-hybridized carbons (Fsp3) is 0.188. The largest absolute Gasteiger partial charge is 0.494 e. The predicted octanol–water partition coefficient (Wildman–Crippen LogP) is 0.741. The number of anilines is 1. The number of nitrogens with one attached hydrogen (secondary N) is 1. The van der Waals surface area contributed by atoms with Crippen molar-refractivity contribution in [2.45, 2.75) is 0 Å². The molecule has 0 saturated carbocycles. The van der Waals surface area contributed by atoms with Gasteiger partial charge in [-0.15, -0.1) is 0 Å². The number of carbonyl (C=O) groups excluding carboxylic acids is 1. The maximum atomic E-state index is 12.1. The lowest BCUT2D eigenvalue weighted by Crippen LogP contribution is -2.32. The number of ketones is 1. The van der Waals surface area contributed by atoms with E-state index in [2.05, 4.69) is 0 Å². The lowest BCUT2D eigenvalue weighted by molar-refractivity contribution is 0.104. The van der Waals surface area contributed by atoms with Gasteiger partial charge in [0.1, 0.15) is 5.56 Å². The Morgan fingerprint density at radius 1 is 1.22 bits per heavy atom. The minimum Gasteiger partial charge on any atom is -0.494 e. The zero-order valence-corrected chi connectivity index (χ0v) is 13.0. The standard InChI is InChI=1S/C16H17N3O4/c1-18(2)11-7-4-10(5-8-11)6-9-12(20)13-14(21)17-16(23)19(3)15(13)22/h4-9,22H,1-3H3,(H,17,21,23)/b9-6+. The molecule has 1 heterocycles. The molecule has 0 saturated heterocycles. The van der Waals surface area contributed by atoms with Crippen LogP contribution >= 0.6 is 0 Å². The van der Waals surface area contributed by atoms with Crippen LogP contribution in [-0.2, 0) is 7.05 Å². The van der Waals surface area contributed by atoms with Crippen LogP contribution in [0.5, 0.6) is 5.88 Å². The SMILES string of the molecule is CN(C)c1ccc(/C=C/C(=O)c2c(O)n(C)c(=O)[nH]c2=O)cc1. The third-order valence-corrected chi connectivity index (χ3v) is 3.38. The maximum Gasteiger partial charge on any atom is 0.330 e. The lowest BCUT2D eigenvalue weighted by atomic mass is 10.1. The fourth-order valence-corrected chi connectivity index (χ4v) is 1.97. The predicted molar refractivity (Wildman–Crippen MR) is 88.1 cm³/mol. The van der Waals surface area contributed by atoms with Gasteiger partial charge < -0.3 is 10.0 Å². The molecule has 0 fully saturated rings. The van der Waals surface area contributed by atoms with E-state index >= 15 is 0 Å². The maximum absolute atomic E-state index is 12.1. The van der Waals surface area contributed by atoms with E-state index in [1.165, 1.54) is 19.2 Å². The normalized spacial score (nSPS) is 10.9. The third kappa shape index (κ3) is 3.39. The Hall–Kier alpha value is -3.09. The van der Waals surface area contributed by atoms with Crippen molar-refractivity contribution in [2.75, 3.05) is 19.0 Å². The topological polar surface area (TPSA) is 95.4 Å². The molecule has 120 valence electrons. The van der Waals surface area contributed by atoms with Crippen molar-refractivity contribution in [1.82, 2.24) is 9.55 Å². The second kappa shape index (κ2) is 6.35. The van der Waals surface area contributed by atoms with Gasteiger partial charge in [0.2, 0.25) is 5.88 Å². The minimum atomic E-state index is -0.914. The molecule has 0 radical (unpaired) electrons. The number of aromatic nitrogens is 2. The van der Waals surface area contributed by atoms with Gasteiger partial charge in [-0.25, -0.2) is 4.79 Å². The molecule has 2 N–H and O–H groups in total. The molecule has 0 aliphatic rings. The Bertz CT molecular complexity index is 874. The molecule has 0 aliphatic heterocycles. The van der Waals surface area contributed by atoms with Gasteiger partial charge in [0.25, 0.3) is 5.56 Å². The van der Waals surface area contributed by atoms with Gasteiger partial charge in [-0.1, -0.05) is 18.2 Å². The van der Waals surface area contributed by atoms with E-state index in [-0.39, 0.29) is 0 Å². The first kappa shape index (κ1) is 16.3. The van der Waals surface area contributed by atoms with Gasteiger partial charge >= 0.3 is 5.69 Å². The quantitative estimate of drug-likeness (QED) is 0.641. The number of hydrogen-bond acceptors (Lipinski definition) is 5. The summed E-state index contributed by atoms with van der Waals surface area (Å²) in [6.45, 7) is 0. The molecule has 0 spiro atoms. The molecule has 7 nitrogen and oxygen atoms in total. The molecule has 7 heteroatoms. The first-order valence-electron chi connectivity index (χ1n) is 6.83. The number of nitrogens with zero attached hydrogens (tertiary/aromatic N) is 2. The summed E-state index contributed by atoms with van der Waals surface area (Å²) < 4.78 is 0.800. The van der Waals surface area contributed by atoms with Gasteiger partial charge in [-0.05, 0) is 23.8 Å². The fourth-order valence-electron chi connectivity index (χ4n) is 1.97. The zero-order valence-electron chi connectivity index (χ0n) is 13.0. The molecule has 0 aliphatic carbocycles. The summed E-state index contributed by atoms with van der Waals surface area (Å²) in [6, 6.07) is 7.43. The van der Waals surface area contributed by atoms with Crippen LogP contribution in [0.25, 0.3) is 6.08 Å². The molecular formula is C16H17N3O4. The summed E-state index contributed by atoms with van der Waals surface area (Å²) in [4.78, 5) is 39.0. The van der Waals surface area contributed by atoms with E-state index in [0.29, 0.717) is 0 Å².